The molecule has 0 saturated carbocycles. The SMILES string of the molecule is COCCn1nnnc1[C@@H](c1ccccc1)[NH+]1CCN(c2ccccc2)CC1. The first-order valence-electron chi connectivity index (χ1n) is 9.81. The fourth-order valence-electron chi connectivity index (χ4n) is 3.95. The molecule has 0 radical (unpaired) electrons. The van der Waals surface area contributed by atoms with Gasteiger partial charge in [0.15, 0.2) is 6.04 Å². The first-order valence-corrected chi connectivity index (χ1v) is 9.81. The van der Waals surface area contributed by atoms with Crippen LogP contribution in [0.25, 0.3) is 0 Å². The van der Waals surface area contributed by atoms with Gasteiger partial charge < -0.3 is 14.5 Å². The van der Waals surface area contributed by atoms with Crippen LogP contribution in [0.2, 0.25) is 0 Å². The van der Waals surface area contributed by atoms with Crippen molar-refractivity contribution in [2.75, 3.05) is 44.8 Å². The zero-order valence-corrected chi connectivity index (χ0v) is 16.2. The fraction of sp³-hybridized carbons (Fsp3) is 0.381. The Hall–Kier alpha value is -2.77. The van der Waals surface area contributed by atoms with E-state index in [0.717, 1.165) is 32.0 Å². The van der Waals surface area contributed by atoms with Gasteiger partial charge in [-0.3, -0.25) is 0 Å². The van der Waals surface area contributed by atoms with Gasteiger partial charge in [0.25, 0.3) is 0 Å². The van der Waals surface area contributed by atoms with E-state index >= 15 is 0 Å². The Labute approximate surface area is 165 Å². The predicted molar refractivity (Wildman–Crippen MR) is 107 cm³/mol. The third kappa shape index (κ3) is 4.05. The highest BCUT2D eigenvalue weighted by Crippen LogP contribution is 2.18. The molecule has 0 bridgehead atoms. The molecule has 2 aromatic carbocycles. The lowest BCUT2D eigenvalue weighted by Crippen LogP contribution is -3.15. The summed E-state index contributed by atoms with van der Waals surface area (Å²) in [5.74, 6) is 0.909. The number of methoxy groups -OCH3 is 1. The zero-order valence-electron chi connectivity index (χ0n) is 16.2. The second-order valence-electron chi connectivity index (χ2n) is 7.08. The minimum atomic E-state index is 0.117. The molecule has 0 unspecified atom stereocenters. The van der Waals surface area contributed by atoms with Crippen LogP contribution in [0.5, 0.6) is 0 Å². The highest BCUT2D eigenvalue weighted by molar-refractivity contribution is 5.46. The van der Waals surface area contributed by atoms with Gasteiger partial charge >= 0.3 is 0 Å². The molecule has 1 aliphatic rings. The lowest BCUT2D eigenvalue weighted by molar-refractivity contribution is -0.927. The molecule has 1 saturated heterocycles. The van der Waals surface area contributed by atoms with Crippen LogP contribution in [-0.4, -0.2) is 60.1 Å². The van der Waals surface area contributed by atoms with Crippen LogP contribution in [0.4, 0.5) is 5.69 Å². The molecular weight excluding hydrogens is 352 g/mol. The average Bonchev–Trinajstić information content (AvgIpc) is 3.22. The van der Waals surface area contributed by atoms with E-state index in [0.29, 0.717) is 13.2 Å². The molecule has 28 heavy (non-hydrogen) atoms. The van der Waals surface area contributed by atoms with E-state index in [1.54, 1.807) is 7.11 Å². The zero-order chi connectivity index (χ0) is 19.2. The first-order chi connectivity index (χ1) is 13.9. The molecule has 7 heteroatoms. The number of ether oxygens (including phenoxy) is 1. The molecule has 1 aliphatic heterocycles. The van der Waals surface area contributed by atoms with Crippen LogP contribution in [-0.2, 0) is 11.3 Å². The van der Waals surface area contributed by atoms with Crippen LogP contribution in [0.15, 0.2) is 60.7 Å². The highest BCUT2D eigenvalue weighted by Gasteiger charge is 2.34. The van der Waals surface area contributed by atoms with Crippen molar-refractivity contribution in [3.05, 3.63) is 72.1 Å². The number of anilines is 1. The van der Waals surface area contributed by atoms with E-state index in [-0.39, 0.29) is 6.04 Å². The summed E-state index contributed by atoms with van der Waals surface area (Å²) in [6, 6.07) is 21.3. The summed E-state index contributed by atoms with van der Waals surface area (Å²) in [6.45, 7) is 5.35. The lowest BCUT2D eigenvalue weighted by atomic mass is 10.0. The highest BCUT2D eigenvalue weighted by atomic mass is 16.5. The van der Waals surface area contributed by atoms with Crippen molar-refractivity contribution in [3.8, 4) is 0 Å². The van der Waals surface area contributed by atoms with Gasteiger partial charge in [-0.25, -0.2) is 4.68 Å². The number of tetrazole rings is 1. The Kier molecular flexibility index (Phi) is 5.94. The maximum Gasteiger partial charge on any atom is 0.214 e. The quantitative estimate of drug-likeness (QED) is 0.659. The van der Waals surface area contributed by atoms with Gasteiger partial charge in [0.2, 0.25) is 5.82 Å². The second-order valence-corrected chi connectivity index (χ2v) is 7.08. The molecular formula is C21H27N6O+. The first kappa shape index (κ1) is 18.6. The van der Waals surface area contributed by atoms with E-state index < -0.39 is 0 Å². The Morgan fingerprint density at radius 1 is 1.00 bits per heavy atom. The summed E-state index contributed by atoms with van der Waals surface area (Å²) >= 11 is 0. The van der Waals surface area contributed by atoms with Crippen LogP contribution in [0, 0.1) is 0 Å². The molecule has 2 heterocycles. The molecule has 1 aromatic heterocycles. The number of rotatable bonds is 7. The number of para-hydroxylation sites is 1. The Bertz CT molecular complexity index is 846. The molecule has 4 rings (SSSR count). The third-order valence-corrected chi connectivity index (χ3v) is 5.39. The summed E-state index contributed by atoms with van der Waals surface area (Å²) in [5.41, 5.74) is 2.54. The monoisotopic (exact) mass is 379 g/mol. The predicted octanol–water partition coefficient (Wildman–Crippen LogP) is 0.814. The van der Waals surface area contributed by atoms with Crippen molar-refractivity contribution >= 4 is 5.69 Å². The topological polar surface area (TPSA) is 60.5 Å². The molecule has 0 amide bonds. The lowest BCUT2D eigenvalue weighted by Gasteiger charge is -2.37. The van der Waals surface area contributed by atoms with Crippen LogP contribution < -0.4 is 9.80 Å². The number of aromatic nitrogens is 4. The number of nitrogens with one attached hydrogen (secondary N) is 1. The minimum Gasteiger partial charge on any atom is -0.383 e. The number of hydrogen-bond acceptors (Lipinski definition) is 5. The fourth-order valence-corrected chi connectivity index (χ4v) is 3.95. The van der Waals surface area contributed by atoms with Gasteiger partial charge in [-0.1, -0.05) is 48.5 Å². The maximum atomic E-state index is 5.23. The summed E-state index contributed by atoms with van der Waals surface area (Å²) in [7, 11) is 1.70. The second kappa shape index (κ2) is 8.95. The van der Waals surface area contributed by atoms with Gasteiger partial charge in [-0.15, -0.1) is 5.10 Å². The van der Waals surface area contributed by atoms with Gasteiger partial charge in [0.05, 0.1) is 39.3 Å². The van der Waals surface area contributed by atoms with Gasteiger partial charge in [0, 0.05) is 18.4 Å². The van der Waals surface area contributed by atoms with Gasteiger partial charge in [-0.2, -0.15) is 0 Å². The largest absolute Gasteiger partial charge is 0.383 e. The normalized spacial score (nSPS) is 16.2. The smallest absolute Gasteiger partial charge is 0.214 e. The third-order valence-electron chi connectivity index (χ3n) is 5.39. The van der Waals surface area contributed by atoms with Crippen LogP contribution in [0.1, 0.15) is 17.4 Å². The Balaban J connectivity index is 1.57. The average molecular weight is 379 g/mol. The van der Waals surface area contributed by atoms with Gasteiger partial charge in [-0.05, 0) is 22.6 Å². The minimum absolute atomic E-state index is 0.117. The number of quaternary nitrogens is 1. The number of hydrogen-bond donors (Lipinski definition) is 1. The number of piperazine rings is 1. The van der Waals surface area contributed by atoms with Crippen molar-refractivity contribution in [1.82, 2.24) is 20.2 Å². The molecule has 0 aliphatic carbocycles. The van der Waals surface area contributed by atoms with Crippen LogP contribution >= 0.6 is 0 Å². The molecule has 3 aromatic rings. The molecule has 7 nitrogen and oxygen atoms in total. The van der Waals surface area contributed by atoms with E-state index in [4.69, 9.17) is 4.74 Å². The molecule has 146 valence electrons. The Morgan fingerprint density at radius 3 is 2.36 bits per heavy atom. The summed E-state index contributed by atoms with van der Waals surface area (Å²) in [4.78, 5) is 3.95. The molecule has 1 N–H and O–H groups in total. The van der Waals surface area contributed by atoms with Crippen LogP contribution in [0.3, 0.4) is 0 Å². The van der Waals surface area contributed by atoms with Crippen molar-refractivity contribution < 1.29 is 9.64 Å². The van der Waals surface area contributed by atoms with E-state index in [1.165, 1.54) is 16.2 Å². The van der Waals surface area contributed by atoms with Crippen molar-refractivity contribution in [2.24, 2.45) is 0 Å². The van der Waals surface area contributed by atoms with Crippen molar-refractivity contribution in [1.29, 1.82) is 0 Å². The summed E-state index contributed by atoms with van der Waals surface area (Å²) < 4.78 is 7.12. The standard InChI is InChI=1S/C21H26N6O/c1-28-17-16-27-21(22-23-24-27)20(18-8-4-2-5-9-18)26-14-12-25(13-15-26)19-10-6-3-7-11-19/h2-11,20H,12-17H2,1H3/p+1/t20-/m1/s1. The van der Waals surface area contributed by atoms with E-state index in [9.17, 15) is 0 Å². The summed E-state index contributed by atoms with van der Waals surface area (Å²) in [5, 5.41) is 12.6. The number of nitrogens with zero attached hydrogens (tertiary/aromatic N) is 5. The van der Waals surface area contributed by atoms with Crippen molar-refractivity contribution in [3.63, 3.8) is 0 Å². The van der Waals surface area contributed by atoms with Crippen molar-refractivity contribution in [2.45, 2.75) is 12.6 Å². The molecule has 1 atom stereocenters. The Morgan fingerprint density at radius 2 is 1.68 bits per heavy atom. The summed E-state index contributed by atoms with van der Waals surface area (Å²) in [6.07, 6.45) is 0. The van der Waals surface area contributed by atoms with E-state index in [1.807, 2.05) is 4.68 Å². The maximum absolute atomic E-state index is 5.23. The van der Waals surface area contributed by atoms with Gasteiger partial charge in [0.1, 0.15) is 0 Å². The molecule has 1 fully saturated rings. The molecule has 0 spiro atoms. The number of benzene rings is 2. The van der Waals surface area contributed by atoms with E-state index in [2.05, 4.69) is 81.1 Å².